The Bertz CT molecular complexity index is 976. The molecule has 154 valence electrons. The van der Waals surface area contributed by atoms with E-state index in [1.54, 1.807) is 6.92 Å². The lowest BCUT2D eigenvalue weighted by Gasteiger charge is -2.14. The number of rotatable bonds is 6. The molecule has 0 aliphatic heterocycles. The predicted octanol–water partition coefficient (Wildman–Crippen LogP) is 2.51. The van der Waals surface area contributed by atoms with Crippen LogP contribution in [0.2, 0.25) is 0 Å². The first-order valence-electron chi connectivity index (χ1n) is 9.62. The summed E-state index contributed by atoms with van der Waals surface area (Å²) in [7, 11) is 0. The third-order valence-corrected chi connectivity index (χ3v) is 4.88. The molecule has 2 aromatic rings. The van der Waals surface area contributed by atoms with Gasteiger partial charge in [-0.3, -0.25) is 4.79 Å². The fourth-order valence-corrected chi connectivity index (χ4v) is 3.42. The van der Waals surface area contributed by atoms with E-state index in [4.69, 9.17) is 9.84 Å². The van der Waals surface area contributed by atoms with E-state index in [2.05, 4.69) is 34.6 Å². The fraction of sp³-hybridized carbons (Fsp3) is 0.261. The monoisotopic (exact) mass is 406 g/mol. The molecule has 2 amide bonds. The second-order valence-corrected chi connectivity index (χ2v) is 6.75. The molecule has 2 aromatic carbocycles. The van der Waals surface area contributed by atoms with Gasteiger partial charge >= 0.3 is 12.1 Å². The van der Waals surface area contributed by atoms with Crippen molar-refractivity contribution in [3.05, 3.63) is 59.7 Å². The summed E-state index contributed by atoms with van der Waals surface area (Å²) in [6.45, 7) is 1.74. The summed E-state index contributed by atoms with van der Waals surface area (Å²) in [5.41, 5.74) is 4.52. The molecule has 0 radical (unpaired) electrons. The van der Waals surface area contributed by atoms with Crippen LogP contribution in [0.15, 0.2) is 48.5 Å². The number of aliphatic carboxylic acids is 1. The Balaban J connectivity index is 1.50. The number of alkyl carbamates (subject to hydrolysis) is 1. The second kappa shape index (κ2) is 9.61. The van der Waals surface area contributed by atoms with Gasteiger partial charge in [0, 0.05) is 5.92 Å². The topological polar surface area (TPSA) is 105 Å². The van der Waals surface area contributed by atoms with Gasteiger partial charge in [-0.2, -0.15) is 0 Å². The van der Waals surface area contributed by atoms with Crippen molar-refractivity contribution >= 4 is 18.0 Å². The molecule has 7 nitrogen and oxygen atoms in total. The van der Waals surface area contributed by atoms with E-state index >= 15 is 0 Å². The van der Waals surface area contributed by atoms with Gasteiger partial charge in [0.25, 0.3) is 5.91 Å². The number of carbonyl (C=O) groups is 3. The average Bonchev–Trinajstić information content (AvgIpc) is 3.07. The molecule has 0 heterocycles. The van der Waals surface area contributed by atoms with E-state index in [9.17, 15) is 14.4 Å². The summed E-state index contributed by atoms with van der Waals surface area (Å²) < 4.78 is 5.36. The van der Waals surface area contributed by atoms with Gasteiger partial charge in [0.05, 0.1) is 6.54 Å². The summed E-state index contributed by atoms with van der Waals surface area (Å²) in [4.78, 5) is 34.5. The normalized spacial score (nSPS) is 12.6. The molecule has 1 aliphatic rings. The van der Waals surface area contributed by atoms with Crippen molar-refractivity contribution < 1.29 is 24.2 Å². The third-order valence-electron chi connectivity index (χ3n) is 4.88. The van der Waals surface area contributed by atoms with Crippen LogP contribution in [0.4, 0.5) is 4.79 Å². The SMILES string of the molecule is CC[C@@H](NC(=O)C#CCNC(=O)OCC1c2ccccc2-c2ccccc21)C(=O)O. The van der Waals surface area contributed by atoms with E-state index < -0.39 is 24.0 Å². The van der Waals surface area contributed by atoms with E-state index in [0.717, 1.165) is 22.3 Å². The summed E-state index contributed by atoms with van der Waals surface area (Å²) in [5.74, 6) is 2.85. The molecule has 7 heteroatoms. The number of ether oxygens (including phenoxy) is 1. The second-order valence-electron chi connectivity index (χ2n) is 6.75. The number of carbonyl (C=O) groups excluding carboxylic acids is 2. The fourth-order valence-electron chi connectivity index (χ4n) is 3.42. The summed E-state index contributed by atoms with van der Waals surface area (Å²) in [5, 5.41) is 13.6. The van der Waals surface area contributed by atoms with Crippen LogP contribution in [-0.4, -0.2) is 42.3 Å². The van der Waals surface area contributed by atoms with Crippen molar-refractivity contribution in [2.45, 2.75) is 25.3 Å². The minimum Gasteiger partial charge on any atom is -0.480 e. The highest BCUT2D eigenvalue weighted by molar-refractivity contribution is 5.96. The van der Waals surface area contributed by atoms with Crippen molar-refractivity contribution in [3.63, 3.8) is 0 Å². The van der Waals surface area contributed by atoms with Crippen LogP contribution < -0.4 is 10.6 Å². The summed E-state index contributed by atoms with van der Waals surface area (Å²) >= 11 is 0. The van der Waals surface area contributed by atoms with Crippen LogP contribution in [0.25, 0.3) is 11.1 Å². The lowest BCUT2D eigenvalue weighted by atomic mass is 9.98. The van der Waals surface area contributed by atoms with Crippen molar-refractivity contribution in [1.29, 1.82) is 0 Å². The zero-order chi connectivity index (χ0) is 21.5. The van der Waals surface area contributed by atoms with E-state index in [0.29, 0.717) is 0 Å². The highest BCUT2D eigenvalue weighted by Crippen LogP contribution is 2.44. The van der Waals surface area contributed by atoms with Crippen LogP contribution in [-0.2, 0) is 14.3 Å². The quantitative estimate of drug-likeness (QED) is 0.640. The molecule has 0 spiro atoms. The van der Waals surface area contributed by atoms with Gasteiger partial charge < -0.3 is 20.5 Å². The number of benzene rings is 2. The van der Waals surface area contributed by atoms with Gasteiger partial charge in [0.15, 0.2) is 0 Å². The van der Waals surface area contributed by atoms with Crippen LogP contribution in [0, 0.1) is 11.8 Å². The molecular weight excluding hydrogens is 384 g/mol. The van der Waals surface area contributed by atoms with Crippen LogP contribution in [0.3, 0.4) is 0 Å². The maximum absolute atomic E-state index is 12.0. The Labute approximate surface area is 174 Å². The largest absolute Gasteiger partial charge is 0.480 e. The highest BCUT2D eigenvalue weighted by Gasteiger charge is 2.28. The lowest BCUT2D eigenvalue weighted by molar-refractivity contribution is -0.141. The minimum absolute atomic E-state index is 0.0398. The van der Waals surface area contributed by atoms with E-state index in [-0.39, 0.29) is 25.5 Å². The van der Waals surface area contributed by atoms with Crippen molar-refractivity contribution in [2.24, 2.45) is 0 Å². The summed E-state index contributed by atoms with van der Waals surface area (Å²) in [6.07, 6.45) is -0.385. The van der Waals surface area contributed by atoms with Crippen molar-refractivity contribution in [1.82, 2.24) is 10.6 Å². The number of carboxylic acid groups (broad SMARTS) is 1. The molecule has 0 saturated heterocycles. The average molecular weight is 406 g/mol. The first-order chi connectivity index (χ1) is 14.5. The van der Waals surface area contributed by atoms with Crippen molar-refractivity contribution in [3.8, 4) is 23.0 Å². The Morgan fingerprint density at radius 3 is 2.23 bits per heavy atom. The van der Waals surface area contributed by atoms with Gasteiger partial charge in [-0.1, -0.05) is 61.4 Å². The molecule has 0 saturated carbocycles. The number of amides is 2. The highest BCUT2D eigenvalue weighted by atomic mass is 16.5. The standard InChI is InChI=1S/C23H22N2O5/c1-2-20(22(27)28)25-21(26)12-7-13-24-23(29)30-14-19-17-10-5-3-8-15(17)16-9-4-6-11-18(16)19/h3-6,8-11,19-20H,2,13-14H2,1H3,(H,24,29)(H,25,26)(H,27,28)/t20-/m1/s1. The number of carboxylic acids is 1. The smallest absolute Gasteiger partial charge is 0.407 e. The van der Waals surface area contributed by atoms with E-state index in [1.807, 2.05) is 36.4 Å². The molecule has 1 atom stereocenters. The number of fused-ring (bicyclic) bond motifs is 3. The first-order valence-corrected chi connectivity index (χ1v) is 9.62. The molecule has 1 aliphatic carbocycles. The molecule has 0 fully saturated rings. The zero-order valence-electron chi connectivity index (χ0n) is 16.5. The Morgan fingerprint density at radius 2 is 1.67 bits per heavy atom. The molecule has 0 aromatic heterocycles. The number of nitrogens with one attached hydrogen (secondary N) is 2. The third kappa shape index (κ3) is 4.78. The molecule has 0 unspecified atom stereocenters. The number of hydrogen-bond acceptors (Lipinski definition) is 4. The van der Waals surface area contributed by atoms with Gasteiger partial charge in [0.2, 0.25) is 0 Å². The van der Waals surface area contributed by atoms with Crippen LogP contribution >= 0.6 is 0 Å². The number of hydrogen-bond donors (Lipinski definition) is 3. The van der Waals surface area contributed by atoms with Gasteiger partial charge in [-0.25, -0.2) is 9.59 Å². The predicted molar refractivity (Wildman–Crippen MR) is 111 cm³/mol. The van der Waals surface area contributed by atoms with Crippen LogP contribution in [0.5, 0.6) is 0 Å². The van der Waals surface area contributed by atoms with Gasteiger partial charge in [0.1, 0.15) is 12.6 Å². The van der Waals surface area contributed by atoms with Crippen molar-refractivity contribution in [2.75, 3.05) is 13.2 Å². The Kier molecular flexibility index (Phi) is 6.71. The molecule has 3 rings (SSSR count). The zero-order valence-corrected chi connectivity index (χ0v) is 16.5. The van der Waals surface area contributed by atoms with Gasteiger partial charge in [-0.15, -0.1) is 0 Å². The van der Waals surface area contributed by atoms with Gasteiger partial charge in [-0.05, 0) is 34.6 Å². The van der Waals surface area contributed by atoms with E-state index in [1.165, 1.54) is 0 Å². The maximum atomic E-state index is 12.0. The first kappa shape index (κ1) is 20.9. The van der Waals surface area contributed by atoms with Crippen LogP contribution in [0.1, 0.15) is 30.4 Å². The Hall–Kier alpha value is -3.79. The molecule has 30 heavy (non-hydrogen) atoms. The molecule has 0 bridgehead atoms. The molecule has 3 N–H and O–H groups in total. The molecular formula is C23H22N2O5. The Morgan fingerprint density at radius 1 is 1.07 bits per heavy atom. The minimum atomic E-state index is -1.12. The lowest BCUT2D eigenvalue weighted by Crippen LogP contribution is -2.39. The maximum Gasteiger partial charge on any atom is 0.407 e. The summed E-state index contributed by atoms with van der Waals surface area (Å²) in [6, 6.07) is 15.1.